The largest absolute Gasteiger partial charge is 0.495 e. The van der Waals surface area contributed by atoms with Crippen molar-refractivity contribution in [3.8, 4) is 5.75 Å². The van der Waals surface area contributed by atoms with Crippen LogP contribution in [-0.2, 0) is 9.59 Å². The van der Waals surface area contributed by atoms with Gasteiger partial charge in [0.05, 0.1) is 17.7 Å². The zero-order valence-electron chi connectivity index (χ0n) is 15.7. The molecule has 0 aromatic heterocycles. The Hall–Kier alpha value is -2.16. The second-order valence-electron chi connectivity index (χ2n) is 6.24. The highest BCUT2D eigenvalue weighted by molar-refractivity contribution is 9.10. The van der Waals surface area contributed by atoms with E-state index in [0.717, 1.165) is 10.0 Å². The molecule has 0 unspecified atom stereocenters. The zero-order valence-corrected chi connectivity index (χ0v) is 18.9. The number of anilines is 1. The van der Waals surface area contributed by atoms with Crippen LogP contribution in [0.5, 0.6) is 5.75 Å². The van der Waals surface area contributed by atoms with Gasteiger partial charge in [-0.3, -0.25) is 14.5 Å². The van der Waals surface area contributed by atoms with Gasteiger partial charge in [0.15, 0.2) is 0 Å². The second kappa shape index (κ2) is 10.0. The fourth-order valence-electron chi connectivity index (χ4n) is 2.80. The maximum atomic E-state index is 12.7. The number of carbonyl (C=O) groups is 2. The molecule has 0 radical (unpaired) electrons. The van der Waals surface area contributed by atoms with Crippen molar-refractivity contribution >= 4 is 67.8 Å². The molecular formula is C21H19BrN2O3S2. The van der Waals surface area contributed by atoms with E-state index in [9.17, 15) is 9.59 Å². The first-order valence-corrected chi connectivity index (χ1v) is 10.9. The Kier molecular flexibility index (Phi) is 7.46. The number of hydrogen-bond donors (Lipinski definition) is 1. The summed E-state index contributed by atoms with van der Waals surface area (Å²) >= 11 is 10.1. The smallest absolute Gasteiger partial charge is 0.266 e. The van der Waals surface area contributed by atoms with Crippen LogP contribution in [-0.4, -0.2) is 34.7 Å². The minimum atomic E-state index is -0.135. The molecule has 1 heterocycles. The summed E-state index contributed by atoms with van der Waals surface area (Å²) in [5.41, 5.74) is 1.55. The van der Waals surface area contributed by atoms with Crippen LogP contribution in [0.3, 0.4) is 0 Å². The molecule has 0 atom stereocenters. The topological polar surface area (TPSA) is 58.6 Å². The number of hydrogen-bond acceptors (Lipinski definition) is 5. The lowest BCUT2D eigenvalue weighted by Gasteiger charge is -2.14. The summed E-state index contributed by atoms with van der Waals surface area (Å²) in [5, 5.41) is 2.83. The van der Waals surface area contributed by atoms with Crippen LogP contribution < -0.4 is 10.1 Å². The highest BCUT2D eigenvalue weighted by atomic mass is 79.9. The van der Waals surface area contributed by atoms with E-state index in [1.54, 1.807) is 24.1 Å². The number of methoxy groups -OCH3 is 1. The van der Waals surface area contributed by atoms with E-state index in [4.69, 9.17) is 17.0 Å². The van der Waals surface area contributed by atoms with E-state index in [1.807, 2.05) is 42.5 Å². The van der Waals surface area contributed by atoms with Gasteiger partial charge in [-0.1, -0.05) is 64.2 Å². The molecule has 2 aromatic carbocycles. The number of ether oxygens (including phenoxy) is 1. The van der Waals surface area contributed by atoms with E-state index in [2.05, 4.69) is 21.2 Å². The Balaban J connectivity index is 1.55. The first kappa shape index (κ1) is 21.5. The minimum absolute atomic E-state index is 0.120. The molecule has 1 N–H and O–H groups in total. The number of carbonyl (C=O) groups excluding carboxylic acids is 2. The van der Waals surface area contributed by atoms with Crippen molar-refractivity contribution in [3.05, 3.63) is 63.5 Å². The molecule has 150 valence electrons. The van der Waals surface area contributed by atoms with Crippen molar-refractivity contribution in [3.63, 3.8) is 0 Å². The Morgan fingerprint density at radius 3 is 2.83 bits per heavy atom. The summed E-state index contributed by atoms with van der Waals surface area (Å²) in [7, 11) is 1.56. The SMILES string of the molecule is COc1ccccc1NC(=O)CCCN1C(=O)C(=Cc2cccc(Br)c2)SC1=S. The summed E-state index contributed by atoms with van der Waals surface area (Å²) < 4.78 is 6.69. The van der Waals surface area contributed by atoms with Gasteiger partial charge in [0, 0.05) is 17.4 Å². The van der Waals surface area contributed by atoms with Crippen LogP contribution in [0.2, 0.25) is 0 Å². The lowest BCUT2D eigenvalue weighted by Crippen LogP contribution is -2.29. The highest BCUT2D eigenvalue weighted by Gasteiger charge is 2.31. The maximum Gasteiger partial charge on any atom is 0.266 e. The average molecular weight is 491 g/mol. The molecule has 0 spiro atoms. The van der Waals surface area contributed by atoms with Gasteiger partial charge in [-0.25, -0.2) is 0 Å². The van der Waals surface area contributed by atoms with Crippen LogP contribution in [0.4, 0.5) is 5.69 Å². The number of benzene rings is 2. The standard InChI is InChI=1S/C21H19BrN2O3S2/c1-27-17-9-3-2-8-16(17)23-19(25)10-5-11-24-20(26)18(29-21(24)28)13-14-6-4-7-15(22)12-14/h2-4,6-9,12-13H,5,10-11H2,1H3,(H,23,25). The molecule has 2 amide bonds. The summed E-state index contributed by atoms with van der Waals surface area (Å²) in [5.74, 6) is 0.352. The number of amides is 2. The molecule has 0 bridgehead atoms. The van der Waals surface area contributed by atoms with Gasteiger partial charge in [0.1, 0.15) is 10.1 Å². The average Bonchev–Trinajstić information content (AvgIpc) is 2.96. The first-order chi connectivity index (χ1) is 14.0. The van der Waals surface area contributed by atoms with Gasteiger partial charge in [-0.2, -0.15) is 0 Å². The summed E-state index contributed by atoms with van der Waals surface area (Å²) in [6, 6.07) is 14.9. The Morgan fingerprint density at radius 2 is 2.07 bits per heavy atom. The van der Waals surface area contributed by atoms with Crippen molar-refractivity contribution in [2.75, 3.05) is 19.0 Å². The van der Waals surface area contributed by atoms with Crippen molar-refractivity contribution < 1.29 is 14.3 Å². The van der Waals surface area contributed by atoms with Gasteiger partial charge < -0.3 is 10.1 Å². The number of nitrogens with zero attached hydrogens (tertiary/aromatic N) is 1. The van der Waals surface area contributed by atoms with Gasteiger partial charge in [-0.15, -0.1) is 0 Å². The summed E-state index contributed by atoms with van der Waals surface area (Å²) in [4.78, 5) is 27.1. The molecule has 1 saturated heterocycles. The molecular weight excluding hydrogens is 472 g/mol. The van der Waals surface area contributed by atoms with Crippen molar-refractivity contribution in [2.24, 2.45) is 0 Å². The zero-order chi connectivity index (χ0) is 20.8. The van der Waals surface area contributed by atoms with Gasteiger partial charge in [0.2, 0.25) is 5.91 Å². The Labute approximate surface area is 187 Å². The number of nitrogens with one attached hydrogen (secondary N) is 1. The molecule has 1 aliphatic rings. The highest BCUT2D eigenvalue weighted by Crippen LogP contribution is 2.33. The molecule has 29 heavy (non-hydrogen) atoms. The van der Waals surface area contributed by atoms with E-state index in [0.29, 0.717) is 33.6 Å². The van der Waals surface area contributed by atoms with E-state index < -0.39 is 0 Å². The molecule has 0 saturated carbocycles. The third-order valence-corrected chi connectivity index (χ3v) is 6.06. The van der Waals surface area contributed by atoms with Crippen LogP contribution >= 0.6 is 39.9 Å². The van der Waals surface area contributed by atoms with E-state index in [-0.39, 0.29) is 18.2 Å². The first-order valence-electron chi connectivity index (χ1n) is 8.92. The molecule has 2 aromatic rings. The van der Waals surface area contributed by atoms with Crippen molar-refractivity contribution in [2.45, 2.75) is 12.8 Å². The lowest BCUT2D eigenvalue weighted by atomic mass is 10.2. The quantitative estimate of drug-likeness (QED) is 0.433. The number of thiocarbonyl (C=S) groups is 1. The third kappa shape index (κ3) is 5.68. The summed E-state index contributed by atoms with van der Waals surface area (Å²) in [6.07, 6.45) is 2.62. The maximum absolute atomic E-state index is 12.7. The third-order valence-electron chi connectivity index (χ3n) is 4.19. The molecule has 3 rings (SSSR count). The van der Waals surface area contributed by atoms with Crippen LogP contribution in [0.25, 0.3) is 6.08 Å². The summed E-state index contributed by atoms with van der Waals surface area (Å²) in [6.45, 7) is 0.403. The molecule has 5 nitrogen and oxygen atoms in total. The van der Waals surface area contributed by atoms with Crippen molar-refractivity contribution in [1.82, 2.24) is 4.90 Å². The van der Waals surface area contributed by atoms with Crippen LogP contribution in [0, 0.1) is 0 Å². The number of para-hydroxylation sites is 2. The van der Waals surface area contributed by atoms with E-state index >= 15 is 0 Å². The molecule has 0 aliphatic carbocycles. The van der Waals surface area contributed by atoms with Gasteiger partial charge in [0.25, 0.3) is 5.91 Å². The lowest BCUT2D eigenvalue weighted by molar-refractivity contribution is -0.122. The molecule has 8 heteroatoms. The fourth-order valence-corrected chi connectivity index (χ4v) is 4.52. The fraction of sp³-hybridized carbons (Fsp3) is 0.190. The Morgan fingerprint density at radius 1 is 1.28 bits per heavy atom. The van der Waals surface area contributed by atoms with E-state index in [1.165, 1.54) is 11.8 Å². The minimum Gasteiger partial charge on any atom is -0.495 e. The predicted octanol–water partition coefficient (Wildman–Crippen LogP) is 5.08. The Bertz CT molecular complexity index is 978. The van der Waals surface area contributed by atoms with Crippen LogP contribution in [0.15, 0.2) is 57.9 Å². The van der Waals surface area contributed by atoms with Crippen LogP contribution in [0.1, 0.15) is 18.4 Å². The number of thioether (sulfide) groups is 1. The number of rotatable bonds is 7. The molecule has 1 aliphatic heterocycles. The predicted molar refractivity (Wildman–Crippen MR) is 125 cm³/mol. The monoisotopic (exact) mass is 490 g/mol. The second-order valence-corrected chi connectivity index (χ2v) is 8.83. The normalized spacial score (nSPS) is 15.1. The molecule has 1 fully saturated rings. The van der Waals surface area contributed by atoms with Gasteiger partial charge in [-0.05, 0) is 42.3 Å². The van der Waals surface area contributed by atoms with Gasteiger partial charge >= 0.3 is 0 Å². The van der Waals surface area contributed by atoms with Crippen molar-refractivity contribution in [1.29, 1.82) is 0 Å². The number of halogens is 1.